The number of nitrogens with one attached hydrogen (secondary N) is 1. The number of hydrogen-bond donors (Lipinski definition) is 1. The Hall–Kier alpha value is 0.170. The van der Waals surface area contributed by atoms with Gasteiger partial charge >= 0.3 is 0 Å². The van der Waals surface area contributed by atoms with E-state index < -0.39 is 30.5 Å². The van der Waals surface area contributed by atoms with Crippen molar-refractivity contribution in [3.8, 4) is 0 Å². The van der Waals surface area contributed by atoms with E-state index in [-0.39, 0.29) is 6.54 Å². The summed E-state index contributed by atoms with van der Waals surface area (Å²) >= 11 is 1.49. The molecule has 2 rings (SSSR count). The van der Waals surface area contributed by atoms with Crippen LogP contribution in [0, 0.1) is 0 Å². The summed E-state index contributed by atoms with van der Waals surface area (Å²) in [6.07, 6.45) is 3.30. The first-order chi connectivity index (χ1) is 9.23. The molecule has 0 aromatic rings. The molecule has 118 valence electrons. The Morgan fingerprint density at radius 2 is 1.95 bits per heavy atom. The fraction of sp³-hybridized carbons (Fsp3) is 1.00. The van der Waals surface area contributed by atoms with Crippen molar-refractivity contribution >= 4 is 31.6 Å². The zero-order valence-corrected chi connectivity index (χ0v) is 14.2. The lowest BCUT2D eigenvalue weighted by Gasteiger charge is -2.34. The Labute approximate surface area is 125 Å². The van der Waals surface area contributed by atoms with Gasteiger partial charge in [0.2, 0.25) is 10.0 Å². The monoisotopic (exact) mass is 342 g/mol. The van der Waals surface area contributed by atoms with Crippen molar-refractivity contribution < 1.29 is 16.8 Å². The molecule has 0 aromatic heterocycles. The summed E-state index contributed by atoms with van der Waals surface area (Å²) in [5.41, 5.74) is 0. The minimum atomic E-state index is -3.58. The second-order valence-corrected chi connectivity index (χ2v) is 11.2. The highest BCUT2D eigenvalue weighted by atomic mass is 32.2. The second-order valence-electron chi connectivity index (χ2n) is 5.51. The molecule has 9 heteroatoms. The van der Waals surface area contributed by atoms with Crippen LogP contribution in [0.2, 0.25) is 0 Å². The average molecular weight is 343 g/mol. The van der Waals surface area contributed by atoms with Crippen LogP contribution >= 0.6 is 11.8 Å². The van der Waals surface area contributed by atoms with E-state index in [1.165, 1.54) is 16.1 Å². The van der Waals surface area contributed by atoms with Crippen molar-refractivity contribution in [3.05, 3.63) is 0 Å². The van der Waals surface area contributed by atoms with E-state index in [4.69, 9.17) is 0 Å². The minimum Gasteiger partial charge on any atom is -0.313 e. The fourth-order valence-corrected chi connectivity index (χ4v) is 7.39. The Kier molecular flexibility index (Phi) is 5.06. The largest absolute Gasteiger partial charge is 0.313 e. The Morgan fingerprint density at radius 3 is 2.50 bits per heavy atom. The van der Waals surface area contributed by atoms with Crippen molar-refractivity contribution in [2.75, 3.05) is 30.9 Å². The topological polar surface area (TPSA) is 83.6 Å². The number of hydrogen-bond acceptors (Lipinski definition) is 6. The normalized spacial score (nSPS) is 27.4. The average Bonchev–Trinajstić information content (AvgIpc) is 3.19. The summed E-state index contributed by atoms with van der Waals surface area (Å²) in [7, 11) is -6.99. The Bertz CT molecular complexity index is 542. The maximum absolute atomic E-state index is 12.6. The van der Waals surface area contributed by atoms with Gasteiger partial charge in [-0.05, 0) is 19.8 Å². The number of rotatable bonds is 6. The highest BCUT2D eigenvalue weighted by Gasteiger charge is 2.41. The van der Waals surface area contributed by atoms with Gasteiger partial charge in [-0.1, -0.05) is 0 Å². The number of nitrogens with zero attached hydrogens (tertiary/aromatic N) is 1. The third-order valence-electron chi connectivity index (χ3n) is 3.64. The second kappa shape index (κ2) is 6.12. The molecule has 1 aliphatic heterocycles. The van der Waals surface area contributed by atoms with Crippen LogP contribution in [0.1, 0.15) is 19.8 Å². The molecule has 1 aliphatic carbocycles. The maximum Gasteiger partial charge on any atom is 0.219 e. The summed E-state index contributed by atoms with van der Waals surface area (Å²) < 4.78 is 50.0. The van der Waals surface area contributed by atoms with Gasteiger partial charge in [-0.25, -0.2) is 16.8 Å². The molecule has 0 radical (unpaired) electrons. The summed E-state index contributed by atoms with van der Waals surface area (Å²) in [5.74, 6) is 0.967. The van der Waals surface area contributed by atoms with Gasteiger partial charge in [0.15, 0.2) is 9.84 Å². The molecule has 1 saturated carbocycles. The van der Waals surface area contributed by atoms with Crippen molar-refractivity contribution in [2.24, 2.45) is 0 Å². The first kappa shape index (κ1) is 16.5. The fourth-order valence-electron chi connectivity index (χ4n) is 2.15. The molecule has 2 fully saturated rings. The summed E-state index contributed by atoms with van der Waals surface area (Å²) in [5, 5.41) is 1.67. The molecule has 1 heterocycles. The van der Waals surface area contributed by atoms with Crippen LogP contribution in [-0.2, 0) is 19.9 Å². The predicted molar refractivity (Wildman–Crippen MR) is 82.1 cm³/mol. The van der Waals surface area contributed by atoms with Gasteiger partial charge in [0.05, 0.1) is 5.25 Å². The molecule has 6 nitrogen and oxygen atoms in total. The van der Waals surface area contributed by atoms with Gasteiger partial charge in [0.1, 0.15) is 5.37 Å². The smallest absolute Gasteiger partial charge is 0.219 e. The van der Waals surface area contributed by atoms with E-state index in [2.05, 4.69) is 5.32 Å². The van der Waals surface area contributed by atoms with Gasteiger partial charge in [-0.3, -0.25) is 0 Å². The van der Waals surface area contributed by atoms with Crippen molar-refractivity contribution in [1.29, 1.82) is 0 Å². The van der Waals surface area contributed by atoms with E-state index in [0.29, 0.717) is 24.1 Å². The molecule has 0 amide bonds. The quantitative estimate of drug-likeness (QED) is 0.724. The molecule has 0 aromatic carbocycles. The standard InChI is InChI=1S/C11H22N2O4S3/c1-9(7-12-10-3-4-10)20(16,17)13-5-6-18-8-11(13)19(2,14)15/h9-12H,3-8H2,1-2H3. The zero-order chi connectivity index (χ0) is 15.0. The van der Waals surface area contributed by atoms with Crippen LogP contribution in [0.15, 0.2) is 0 Å². The van der Waals surface area contributed by atoms with Crippen LogP contribution in [0.4, 0.5) is 0 Å². The van der Waals surface area contributed by atoms with Crippen molar-refractivity contribution in [3.63, 3.8) is 0 Å². The molecular weight excluding hydrogens is 320 g/mol. The van der Waals surface area contributed by atoms with Gasteiger partial charge in [-0.2, -0.15) is 16.1 Å². The first-order valence-electron chi connectivity index (χ1n) is 6.73. The van der Waals surface area contributed by atoms with Crippen molar-refractivity contribution in [2.45, 2.75) is 36.4 Å². The van der Waals surface area contributed by atoms with Gasteiger partial charge in [0, 0.05) is 36.9 Å². The van der Waals surface area contributed by atoms with E-state index in [1.807, 2.05) is 0 Å². The first-order valence-corrected chi connectivity index (χ1v) is 11.3. The van der Waals surface area contributed by atoms with Crippen LogP contribution in [0.3, 0.4) is 0 Å². The van der Waals surface area contributed by atoms with E-state index >= 15 is 0 Å². The van der Waals surface area contributed by atoms with Crippen LogP contribution < -0.4 is 5.32 Å². The molecule has 0 spiro atoms. The van der Waals surface area contributed by atoms with Gasteiger partial charge < -0.3 is 5.32 Å². The predicted octanol–water partition coefficient (Wildman–Crippen LogP) is -0.124. The zero-order valence-electron chi connectivity index (χ0n) is 11.8. The SMILES string of the molecule is CC(CNC1CC1)S(=O)(=O)N1CCSCC1S(C)(=O)=O. The molecule has 20 heavy (non-hydrogen) atoms. The molecule has 1 N–H and O–H groups in total. The highest BCUT2D eigenvalue weighted by Crippen LogP contribution is 2.25. The third-order valence-corrected chi connectivity index (χ3v) is 8.69. The molecular formula is C11H22N2O4S3. The van der Waals surface area contributed by atoms with Crippen LogP contribution in [-0.4, -0.2) is 68.7 Å². The van der Waals surface area contributed by atoms with E-state index in [1.54, 1.807) is 6.92 Å². The molecule has 2 unspecified atom stereocenters. The van der Waals surface area contributed by atoms with Crippen LogP contribution in [0.25, 0.3) is 0 Å². The lowest BCUT2D eigenvalue weighted by molar-refractivity contribution is 0.397. The molecule has 1 saturated heterocycles. The van der Waals surface area contributed by atoms with Gasteiger partial charge in [-0.15, -0.1) is 0 Å². The Morgan fingerprint density at radius 1 is 1.30 bits per heavy atom. The number of thioether (sulfide) groups is 1. The van der Waals surface area contributed by atoms with E-state index in [0.717, 1.165) is 19.1 Å². The lowest BCUT2D eigenvalue weighted by atomic mass is 10.4. The van der Waals surface area contributed by atoms with Crippen LogP contribution in [0.5, 0.6) is 0 Å². The lowest BCUT2D eigenvalue weighted by Crippen LogP contribution is -2.53. The van der Waals surface area contributed by atoms with Crippen molar-refractivity contribution in [1.82, 2.24) is 9.62 Å². The molecule has 0 bridgehead atoms. The van der Waals surface area contributed by atoms with Gasteiger partial charge in [0.25, 0.3) is 0 Å². The number of sulfone groups is 1. The summed E-state index contributed by atoms with van der Waals surface area (Å²) in [6.45, 7) is 2.30. The third kappa shape index (κ3) is 3.88. The minimum absolute atomic E-state index is 0.276. The summed E-state index contributed by atoms with van der Waals surface area (Å²) in [4.78, 5) is 0. The summed E-state index contributed by atoms with van der Waals surface area (Å²) in [6, 6.07) is 0.440. The highest BCUT2D eigenvalue weighted by molar-refractivity contribution is 8.01. The molecule has 2 aliphatic rings. The molecule has 2 atom stereocenters. The Balaban J connectivity index is 2.12. The maximum atomic E-state index is 12.6. The number of sulfonamides is 1. The van der Waals surface area contributed by atoms with E-state index in [9.17, 15) is 16.8 Å².